The Kier molecular flexibility index (Phi) is 4.19. The second kappa shape index (κ2) is 6.51. The fourth-order valence-electron chi connectivity index (χ4n) is 4.68. The van der Waals surface area contributed by atoms with Crippen molar-refractivity contribution in [3.63, 3.8) is 0 Å². The van der Waals surface area contributed by atoms with Gasteiger partial charge in [-0.05, 0) is 36.1 Å². The molecule has 2 aromatic rings. The number of rotatable bonds is 3. The SMILES string of the molecule is O=C(O)C[C@@H]1SC2=NC3c4ccccc4CCC3N2[C@@]1(O)c1ccc(Cl)cc1. The van der Waals surface area contributed by atoms with Gasteiger partial charge in [0.05, 0.1) is 23.8 Å². The van der Waals surface area contributed by atoms with E-state index in [1.807, 2.05) is 17.0 Å². The van der Waals surface area contributed by atoms with Crippen molar-refractivity contribution in [2.75, 3.05) is 0 Å². The molecule has 7 heteroatoms. The summed E-state index contributed by atoms with van der Waals surface area (Å²) in [6.45, 7) is 0. The van der Waals surface area contributed by atoms with E-state index in [4.69, 9.17) is 16.6 Å². The lowest BCUT2D eigenvalue weighted by Gasteiger charge is -2.42. The summed E-state index contributed by atoms with van der Waals surface area (Å²) in [7, 11) is 0. The van der Waals surface area contributed by atoms with Crippen LogP contribution in [0.3, 0.4) is 0 Å². The van der Waals surface area contributed by atoms with Crippen LogP contribution in [0.1, 0.15) is 35.6 Å². The predicted molar refractivity (Wildman–Crippen MR) is 110 cm³/mol. The smallest absolute Gasteiger partial charge is 0.304 e. The lowest BCUT2D eigenvalue weighted by Crippen LogP contribution is -2.53. The van der Waals surface area contributed by atoms with Gasteiger partial charge in [0, 0.05) is 10.6 Å². The van der Waals surface area contributed by atoms with Gasteiger partial charge in [0.15, 0.2) is 10.9 Å². The molecule has 1 saturated heterocycles. The first kappa shape index (κ1) is 18.0. The summed E-state index contributed by atoms with van der Waals surface area (Å²) in [6, 6.07) is 15.3. The molecular formula is C21H19ClN2O3S. The van der Waals surface area contributed by atoms with Crippen molar-refractivity contribution >= 4 is 34.5 Å². The topological polar surface area (TPSA) is 73.1 Å². The molecule has 0 bridgehead atoms. The maximum atomic E-state index is 11.9. The van der Waals surface area contributed by atoms with Gasteiger partial charge >= 0.3 is 5.97 Å². The van der Waals surface area contributed by atoms with Crippen LogP contribution in [-0.4, -0.2) is 37.5 Å². The van der Waals surface area contributed by atoms with E-state index in [0.717, 1.165) is 18.0 Å². The Hall–Kier alpha value is -2.02. The summed E-state index contributed by atoms with van der Waals surface area (Å²) < 4.78 is 0. The first-order chi connectivity index (χ1) is 13.5. The van der Waals surface area contributed by atoms with E-state index in [1.54, 1.807) is 24.3 Å². The third-order valence-corrected chi connectivity index (χ3v) is 7.47. The molecule has 144 valence electrons. The Balaban J connectivity index is 1.61. The number of amidine groups is 1. The van der Waals surface area contributed by atoms with Gasteiger partial charge in [-0.3, -0.25) is 9.79 Å². The Bertz CT molecular complexity index is 980. The van der Waals surface area contributed by atoms with Crippen molar-refractivity contribution in [3.05, 3.63) is 70.2 Å². The number of benzene rings is 2. The van der Waals surface area contributed by atoms with Crippen molar-refractivity contribution in [3.8, 4) is 0 Å². The van der Waals surface area contributed by atoms with Gasteiger partial charge in [0.2, 0.25) is 0 Å². The van der Waals surface area contributed by atoms with Crippen molar-refractivity contribution < 1.29 is 15.0 Å². The van der Waals surface area contributed by atoms with Crippen LogP contribution < -0.4 is 0 Å². The van der Waals surface area contributed by atoms with E-state index in [1.165, 1.54) is 22.9 Å². The normalized spacial score (nSPS) is 30.4. The number of fused-ring (bicyclic) bond motifs is 5. The maximum absolute atomic E-state index is 11.9. The molecule has 1 aliphatic carbocycles. The number of thioether (sulfide) groups is 1. The minimum atomic E-state index is -1.43. The highest BCUT2D eigenvalue weighted by atomic mass is 35.5. The lowest BCUT2D eigenvalue weighted by atomic mass is 9.83. The molecule has 5 rings (SSSR count). The number of aliphatic hydroxyl groups is 1. The standard InChI is InChI=1S/C21H19ClN2O3S/c22-14-8-6-13(7-9-14)21(27)17(11-18(25)26)28-20-23-19-15-4-2-1-3-12(15)5-10-16(19)24(20)21/h1-4,6-9,16-17,19,27H,5,10-11H2,(H,25,26)/t16?,17-,19?,21+/m0/s1. The van der Waals surface area contributed by atoms with E-state index < -0.39 is 16.9 Å². The molecule has 0 aromatic heterocycles. The number of carboxylic acid groups (broad SMARTS) is 1. The van der Waals surface area contributed by atoms with Crippen LogP contribution in [-0.2, 0) is 16.9 Å². The largest absolute Gasteiger partial charge is 0.481 e. The molecule has 3 aliphatic rings. The Morgan fingerprint density at radius 3 is 2.75 bits per heavy atom. The Morgan fingerprint density at radius 1 is 1.25 bits per heavy atom. The molecule has 0 radical (unpaired) electrons. The summed E-state index contributed by atoms with van der Waals surface area (Å²) >= 11 is 7.41. The summed E-state index contributed by atoms with van der Waals surface area (Å²) in [5.74, 6) is -0.933. The van der Waals surface area contributed by atoms with Crippen LogP contribution in [0.2, 0.25) is 5.02 Å². The highest BCUT2D eigenvalue weighted by Gasteiger charge is 2.59. The summed E-state index contributed by atoms with van der Waals surface area (Å²) in [6.07, 6.45) is 1.64. The predicted octanol–water partition coefficient (Wildman–Crippen LogP) is 3.80. The monoisotopic (exact) mass is 414 g/mol. The van der Waals surface area contributed by atoms with Crippen LogP contribution in [0.15, 0.2) is 53.5 Å². The first-order valence-corrected chi connectivity index (χ1v) is 10.6. The van der Waals surface area contributed by atoms with Crippen molar-refractivity contribution in [1.29, 1.82) is 0 Å². The third-order valence-electron chi connectivity index (χ3n) is 5.93. The van der Waals surface area contributed by atoms with Crippen molar-refractivity contribution in [2.45, 2.75) is 42.3 Å². The molecule has 5 nitrogen and oxygen atoms in total. The fraction of sp³-hybridized carbons (Fsp3) is 0.333. The number of halogens is 1. The molecule has 2 heterocycles. The quantitative estimate of drug-likeness (QED) is 0.799. The molecule has 2 aromatic carbocycles. The molecule has 2 aliphatic heterocycles. The molecule has 2 unspecified atom stereocenters. The molecule has 0 spiro atoms. The zero-order chi connectivity index (χ0) is 19.5. The molecule has 0 saturated carbocycles. The number of aryl methyl sites for hydroxylation is 1. The number of aliphatic imine (C=N–C) groups is 1. The third kappa shape index (κ3) is 2.59. The maximum Gasteiger partial charge on any atom is 0.304 e. The minimum Gasteiger partial charge on any atom is -0.481 e. The summed E-state index contributed by atoms with van der Waals surface area (Å²) in [4.78, 5) is 18.4. The van der Waals surface area contributed by atoms with Gasteiger partial charge in [-0.15, -0.1) is 0 Å². The number of nitrogens with zero attached hydrogens (tertiary/aromatic N) is 2. The number of carboxylic acids is 1. The molecule has 1 fully saturated rings. The average Bonchev–Trinajstić information content (AvgIpc) is 3.18. The van der Waals surface area contributed by atoms with E-state index in [0.29, 0.717) is 10.6 Å². The molecule has 2 N–H and O–H groups in total. The number of hydrogen-bond donors (Lipinski definition) is 2. The van der Waals surface area contributed by atoms with Gasteiger partial charge in [0.25, 0.3) is 0 Å². The second-order valence-corrected chi connectivity index (χ2v) is 9.08. The number of carbonyl (C=O) groups is 1. The zero-order valence-electron chi connectivity index (χ0n) is 15.0. The van der Waals surface area contributed by atoms with Crippen LogP contribution in [0, 0.1) is 0 Å². The van der Waals surface area contributed by atoms with Crippen LogP contribution in [0.4, 0.5) is 0 Å². The molecular weight excluding hydrogens is 396 g/mol. The molecule has 28 heavy (non-hydrogen) atoms. The van der Waals surface area contributed by atoms with Gasteiger partial charge in [0.1, 0.15) is 0 Å². The Morgan fingerprint density at radius 2 is 2.00 bits per heavy atom. The van der Waals surface area contributed by atoms with E-state index >= 15 is 0 Å². The molecule has 0 amide bonds. The van der Waals surface area contributed by atoms with Gasteiger partial charge < -0.3 is 15.1 Å². The Labute approximate surface area is 172 Å². The van der Waals surface area contributed by atoms with Crippen LogP contribution in [0.5, 0.6) is 0 Å². The zero-order valence-corrected chi connectivity index (χ0v) is 16.5. The average molecular weight is 415 g/mol. The number of hydrogen-bond acceptors (Lipinski definition) is 5. The minimum absolute atomic E-state index is 0.0110. The van der Waals surface area contributed by atoms with E-state index in [2.05, 4.69) is 12.1 Å². The van der Waals surface area contributed by atoms with Gasteiger partial charge in [-0.2, -0.15) is 0 Å². The highest BCUT2D eigenvalue weighted by Crippen LogP contribution is 2.55. The molecule has 4 atom stereocenters. The van der Waals surface area contributed by atoms with E-state index in [9.17, 15) is 15.0 Å². The van der Waals surface area contributed by atoms with Crippen molar-refractivity contribution in [1.82, 2.24) is 4.90 Å². The summed E-state index contributed by atoms with van der Waals surface area (Å²) in [5.41, 5.74) is 1.73. The highest BCUT2D eigenvalue weighted by molar-refractivity contribution is 8.14. The number of aliphatic carboxylic acids is 1. The fourth-order valence-corrected chi connectivity index (χ4v) is 6.26. The van der Waals surface area contributed by atoms with Crippen LogP contribution in [0.25, 0.3) is 0 Å². The second-order valence-electron chi connectivity index (χ2n) is 7.47. The summed E-state index contributed by atoms with van der Waals surface area (Å²) in [5, 5.41) is 22.1. The van der Waals surface area contributed by atoms with E-state index in [-0.39, 0.29) is 18.5 Å². The van der Waals surface area contributed by atoms with Crippen LogP contribution >= 0.6 is 23.4 Å². The lowest BCUT2D eigenvalue weighted by molar-refractivity contribution is -0.141. The van der Waals surface area contributed by atoms with Gasteiger partial charge in [-0.1, -0.05) is 59.8 Å². The van der Waals surface area contributed by atoms with Gasteiger partial charge in [-0.25, -0.2) is 0 Å². The van der Waals surface area contributed by atoms with Crippen molar-refractivity contribution in [2.24, 2.45) is 4.99 Å². The first-order valence-electron chi connectivity index (χ1n) is 9.30.